The molecule has 0 unspecified atom stereocenters. The molecule has 4 heteroatoms. The van der Waals surface area contributed by atoms with E-state index in [2.05, 4.69) is 38.9 Å². The van der Waals surface area contributed by atoms with Gasteiger partial charge in [-0.25, -0.2) is 0 Å². The first-order valence-electron chi connectivity index (χ1n) is 8.21. The maximum absolute atomic E-state index is 4.54. The lowest BCUT2D eigenvalue weighted by atomic mass is 9.82. The van der Waals surface area contributed by atoms with Crippen molar-refractivity contribution in [3.8, 4) is 0 Å². The van der Waals surface area contributed by atoms with Crippen LogP contribution in [0.1, 0.15) is 25.7 Å². The molecular weight excluding hydrogens is 278 g/mol. The second-order valence-corrected chi connectivity index (χ2v) is 7.32. The van der Waals surface area contributed by atoms with E-state index in [1.165, 1.54) is 48.9 Å². The number of anilines is 1. The summed E-state index contributed by atoms with van der Waals surface area (Å²) in [7, 11) is 0. The van der Waals surface area contributed by atoms with E-state index in [4.69, 9.17) is 0 Å². The fourth-order valence-electron chi connectivity index (χ4n) is 4.03. The van der Waals surface area contributed by atoms with Gasteiger partial charge in [-0.3, -0.25) is 0 Å². The van der Waals surface area contributed by atoms with Crippen LogP contribution in [0, 0.1) is 11.8 Å². The Labute approximate surface area is 130 Å². The molecule has 1 aliphatic heterocycles. The Morgan fingerprint density at radius 2 is 1.90 bits per heavy atom. The SMILES string of the molecule is c1ccc2c(NCCN3C[C@@H]4CCCC[C@H]4C3)nsc2c1. The molecule has 0 amide bonds. The summed E-state index contributed by atoms with van der Waals surface area (Å²) in [6.07, 6.45) is 5.84. The Morgan fingerprint density at radius 1 is 1.14 bits per heavy atom. The van der Waals surface area contributed by atoms with Gasteiger partial charge in [0, 0.05) is 31.6 Å². The molecule has 2 atom stereocenters. The van der Waals surface area contributed by atoms with Gasteiger partial charge < -0.3 is 10.2 Å². The van der Waals surface area contributed by atoms with Gasteiger partial charge in [-0.2, -0.15) is 4.37 Å². The summed E-state index contributed by atoms with van der Waals surface area (Å²) in [4.78, 5) is 2.65. The number of hydrogen-bond donors (Lipinski definition) is 1. The van der Waals surface area contributed by atoms with E-state index >= 15 is 0 Å². The smallest absolute Gasteiger partial charge is 0.147 e. The zero-order valence-electron chi connectivity index (χ0n) is 12.4. The van der Waals surface area contributed by atoms with Crippen LogP contribution in [0.15, 0.2) is 24.3 Å². The van der Waals surface area contributed by atoms with E-state index in [-0.39, 0.29) is 0 Å². The number of hydrogen-bond acceptors (Lipinski definition) is 4. The maximum atomic E-state index is 4.54. The highest BCUT2D eigenvalue weighted by Crippen LogP contribution is 2.35. The van der Waals surface area contributed by atoms with Gasteiger partial charge in [0.1, 0.15) is 5.82 Å². The number of fused-ring (bicyclic) bond motifs is 2. The topological polar surface area (TPSA) is 28.2 Å². The largest absolute Gasteiger partial charge is 0.367 e. The predicted octanol–water partition coefficient (Wildman–Crippen LogP) is 3.83. The van der Waals surface area contributed by atoms with Crippen LogP contribution >= 0.6 is 11.5 Å². The summed E-state index contributed by atoms with van der Waals surface area (Å²) in [6, 6.07) is 8.47. The molecule has 1 saturated carbocycles. The molecule has 0 spiro atoms. The molecule has 1 aliphatic carbocycles. The summed E-state index contributed by atoms with van der Waals surface area (Å²) in [5, 5.41) is 4.80. The summed E-state index contributed by atoms with van der Waals surface area (Å²) in [5.74, 6) is 3.03. The molecule has 2 fully saturated rings. The van der Waals surface area contributed by atoms with Crippen molar-refractivity contribution >= 4 is 27.4 Å². The first-order valence-corrected chi connectivity index (χ1v) is 8.98. The molecule has 3 nitrogen and oxygen atoms in total. The van der Waals surface area contributed by atoms with Crippen LogP contribution in [0.2, 0.25) is 0 Å². The van der Waals surface area contributed by atoms with Gasteiger partial charge in [0.25, 0.3) is 0 Å². The van der Waals surface area contributed by atoms with Crippen molar-refractivity contribution in [2.24, 2.45) is 11.8 Å². The molecule has 0 bridgehead atoms. The second-order valence-electron chi connectivity index (χ2n) is 6.52. The van der Waals surface area contributed by atoms with Gasteiger partial charge in [0.05, 0.1) is 4.70 Å². The van der Waals surface area contributed by atoms with Gasteiger partial charge >= 0.3 is 0 Å². The average Bonchev–Trinajstić information content (AvgIpc) is 3.11. The Hall–Kier alpha value is -1.13. The number of likely N-dealkylation sites (tertiary alicyclic amines) is 1. The lowest BCUT2D eigenvalue weighted by Crippen LogP contribution is -2.27. The van der Waals surface area contributed by atoms with Crippen LogP contribution in [0.5, 0.6) is 0 Å². The standard InChI is InChI=1S/C17H23N3S/c1-2-6-14-12-20(11-13(14)5-1)10-9-18-17-15-7-3-4-8-16(15)21-19-17/h3-4,7-8,13-14H,1-2,5-6,9-12H2,(H,18,19)/t13-,14-/m0/s1. The molecule has 0 radical (unpaired) electrons. The third kappa shape index (κ3) is 2.79. The van der Waals surface area contributed by atoms with Gasteiger partial charge in [0.2, 0.25) is 0 Å². The van der Waals surface area contributed by atoms with Crippen LogP contribution < -0.4 is 5.32 Å². The third-order valence-corrected chi connectivity index (χ3v) is 5.98. The summed E-state index contributed by atoms with van der Waals surface area (Å²) < 4.78 is 5.81. The zero-order chi connectivity index (χ0) is 14.1. The van der Waals surface area contributed by atoms with Crippen molar-refractivity contribution in [2.45, 2.75) is 25.7 Å². The van der Waals surface area contributed by atoms with Crippen molar-refractivity contribution in [2.75, 3.05) is 31.5 Å². The first kappa shape index (κ1) is 13.5. The number of aromatic nitrogens is 1. The first-order chi connectivity index (χ1) is 10.4. The Bertz CT molecular complexity index is 595. The third-order valence-electron chi connectivity index (χ3n) is 5.15. The number of benzene rings is 1. The molecule has 1 aromatic carbocycles. The highest BCUT2D eigenvalue weighted by atomic mass is 32.1. The van der Waals surface area contributed by atoms with E-state index in [1.54, 1.807) is 11.5 Å². The minimum atomic E-state index is 0.985. The molecule has 112 valence electrons. The molecule has 2 aromatic rings. The van der Waals surface area contributed by atoms with Crippen LogP contribution in [0.25, 0.3) is 10.1 Å². The van der Waals surface area contributed by atoms with E-state index in [0.29, 0.717) is 0 Å². The number of rotatable bonds is 4. The molecule has 1 saturated heterocycles. The van der Waals surface area contributed by atoms with Crippen LogP contribution in [-0.4, -0.2) is 35.5 Å². The zero-order valence-corrected chi connectivity index (χ0v) is 13.2. The Kier molecular flexibility index (Phi) is 3.82. The fourth-order valence-corrected chi connectivity index (χ4v) is 4.79. The molecule has 2 heterocycles. The molecule has 2 aliphatic rings. The minimum absolute atomic E-state index is 0.985. The van der Waals surface area contributed by atoms with Crippen LogP contribution in [-0.2, 0) is 0 Å². The summed E-state index contributed by atoms with van der Waals surface area (Å²) >= 11 is 1.59. The van der Waals surface area contributed by atoms with E-state index in [1.807, 2.05) is 0 Å². The van der Waals surface area contributed by atoms with E-state index in [9.17, 15) is 0 Å². The molecule has 1 N–H and O–H groups in total. The molecule has 4 rings (SSSR count). The highest BCUT2D eigenvalue weighted by molar-refractivity contribution is 7.13. The summed E-state index contributed by atoms with van der Waals surface area (Å²) in [5.41, 5.74) is 0. The van der Waals surface area contributed by atoms with Crippen molar-refractivity contribution < 1.29 is 0 Å². The van der Waals surface area contributed by atoms with Crippen LogP contribution in [0.3, 0.4) is 0 Å². The van der Waals surface area contributed by atoms with E-state index < -0.39 is 0 Å². The van der Waals surface area contributed by atoms with Gasteiger partial charge in [-0.1, -0.05) is 25.0 Å². The van der Waals surface area contributed by atoms with Gasteiger partial charge in [0.15, 0.2) is 0 Å². The maximum Gasteiger partial charge on any atom is 0.147 e. The minimum Gasteiger partial charge on any atom is -0.367 e. The van der Waals surface area contributed by atoms with Crippen molar-refractivity contribution in [3.63, 3.8) is 0 Å². The Morgan fingerprint density at radius 3 is 2.71 bits per heavy atom. The normalized spacial score (nSPS) is 26.1. The predicted molar refractivity (Wildman–Crippen MR) is 90.0 cm³/mol. The van der Waals surface area contributed by atoms with Gasteiger partial charge in [-0.05, 0) is 48.3 Å². The average molecular weight is 301 g/mol. The Balaban J connectivity index is 1.32. The second kappa shape index (κ2) is 5.93. The number of nitrogens with zero attached hydrogens (tertiary/aromatic N) is 2. The molecule has 21 heavy (non-hydrogen) atoms. The summed E-state index contributed by atoms with van der Waals surface area (Å²) in [6.45, 7) is 4.81. The van der Waals surface area contributed by atoms with Gasteiger partial charge in [-0.15, -0.1) is 0 Å². The lowest BCUT2D eigenvalue weighted by Gasteiger charge is -2.23. The van der Waals surface area contributed by atoms with E-state index in [0.717, 1.165) is 30.7 Å². The van der Waals surface area contributed by atoms with Crippen molar-refractivity contribution in [1.82, 2.24) is 9.27 Å². The van der Waals surface area contributed by atoms with Crippen molar-refractivity contribution in [1.29, 1.82) is 0 Å². The quantitative estimate of drug-likeness (QED) is 0.930. The number of nitrogens with one attached hydrogen (secondary N) is 1. The fraction of sp³-hybridized carbons (Fsp3) is 0.588. The lowest BCUT2D eigenvalue weighted by molar-refractivity contribution is 0.299. The monoisotopic (exact) mass is 301 g/mol. The van der Waals surface area contributed by atoms with Crippen molar-refractivity contribution in [3.05, 3.63) is 24.3 Å². The highest BCUT2D eigenvalue weighted by Gasteiger charge is 2.33. The molecular formula is C17H23N3S. The van der Waals surface area contributed by atoms with Crippen LogP contribution in [0.4, 0.5) is 5.82 Å². The molecule has 1 aromatic heterocycles.